The van der Waals surface area contributed by atoms with Gasteiger partial charge in [0, 0.05) is 6.07 Å². The highest BCUT2D eigenvalue weighted by molar-refractivity contribution is 5.88. The third-order valence-corrected chi connectivity index (χ3v) is 1.93. The number of benzene rings is 1. The molecule has 0 aliphatic rings. The molecule has 10 heteroatoms. The molecule has 0 aliphatic carbocycles. The molecule has 0 fully saturated rings. The Balaban J connectivity index is 2.92. The number of halogens is 6. The molecular weight excluding hydrogens is 310 g/mol. The molecule has 21 heavy (non-hydrogen) atoms. The standard InChI is InChI=1S/C11H8F6O4/c12-10(13,14)4-20-7-1-6(9(18)19)2-8(3-7)21-5-11(15,16)17/h1-3H,4-5H2,(H,18,19). The van der Waals surface area contributed by atoms with Crippen molar-refractivity contribution in [3.63, 3.8) is 0 Å². The summed E-state index contributed by atoms with van der Waals surface area (Å²) < 4.78 is 80.5. The fourth-order valence-electron chi connectivity index (χ4n) is 1.19. The van der Waals surface area contributed by atoms with Crippen molar-refractivity contribution in [2.45, 2.75) is 12.4 Å². The van der Waals surface area contributed by atoms with Gasteiger partial charge >= 0.3 is 18.3 Å². The lowest BCUT2D eigenvalue weighted by Crippen LogP contribution is -2.20. The van der Waals surface area contributed by atoms with Crippen molar-refractivity contribution in [3.8, 4) is 11.5 Å². The van der Waals surface area contributed by atoms with Crippen LogP contribution in [-0.2, 0) is 0 Å². The molecular formula is C11H8F6O4. The Bertz CT molecular complexity index is 472. The SMILES string of the molecule is O=C(O)c1cc(OCC(F)(F)F)cc(OCC(F)(F)F)c1. The number of carboxylic acid groups (broad SMARTS) is 1. The summed E-state index contributed by atoms with van der Waals surface area (Å²) in [6, 6.07) is 2.23. The van der Waals surface area contributed by atoms with Crippen LogP contribution in [0.2, 0.25) is 0 Å². The number of alkyl halides is 6. The topological polar surface area (TPSA) is 55.8 Å². The zero-order chi connectivity index (χ0) is 16.3. The normalized spacial score (nSPS) is 12.1. The Kier molecular flexibility index (Phi) is 4.92. The van der Waals surface area contributed by atoms with Crippen molar-refractivity contribution in [2.24, 2.45) is 0 Å². The van der Waals surface area contributed by atoms with Crippen LogP contribution in [0.3, 0.4) is 0 Å². The first-order valence-corrected chi connectivity index (χ1v) is 5.24. The maximum atomic E-state index is 12.0. The lowest BCUT2D eigenvalue weighted by molar-refractivity contribution is -0.153. The van der Waals surface area contributed by atoms with Gasteiger partial charge in [-0.3, -0.25) is 0 Å². The van der Waals surface area contributed by atoms with Crippen LogP contribution in [-0.4, -0.2) is 36.6 Å². The van der Waals surface area contributed by atoms with E-state index < -0.39 is 48.6 Å². The van der Waals surface area contributed by atoms with E-state index in [4.69, 9.17) is 5.11 Å². The zero-order valence-corrected chi connectivity index (χ0v) is 10.1. The molecule has 1 aromatic carbocycles. The number of carbonyl (C=O) groups is 1. The maximum Gasteiger partial charge on any atom is 0.422 e. The van der Waals surface area contributed by atoms with E-state index in [9.17, 15) is 31.1 Å². The molecule has 0 aromatic heterocycles. The van der Waals surface area contributed by atoms with Crippen LogP contribution in [0.15, 0.2) is 18.2 Å². The van der Waals surface area contributed by atoms with Crippen molar-refractivity contribution in [3.05, 3.63) is 23.8 Å². The van der Waals surface area contributed by atoms with Crippen LogP contribution in [0.4, 0.5) is 26.3 Å². The fraction of sp³-hybridized carbons (Fsp3) is 0.364. The van der Waals surface area contributed by atoms with E-state index >= 15 is 0 Å². The van der Waals surface area contributed by atoms with E-state index in [0.29, 0.717) is 0 Å². The summed E-state index contributed by atoms with van der Waals surface area (Å²) in [7, 11) is 0. The second-order valence-electron chi connectivity index (χ2n) is 3.81. The minimum Gasteiger partial charge on any atom is -0.484 e. The van der Waals surface area contributed by atoms with E-state index in [2.05, 4.69) is 9.47 Å². The predicted molar refractivity (Wildman–Crippen MR) is 56.5 cm³/mol. The van der Waals surface area contributed by atoms with Crippen molar-refractivity contribution < 1.29 is 45.7 Å². The van der Waals surface area contributed by atoms with Gasteiger partial charge in [-0.2, -0.15) is 26.3 Å². The molecule has 0 unspecified atom stereocenters. The molecule has 0 aliphatic heterocycles. The Labute approximate surface area is 113 Å². The molecule has 0 radical (unpaired) electrons. The maximum absolute atomic E-state index is 12.0. The van der Waals surface area contributed by atoms with Crippen LogP contribution in [0, 0.1) is 0 Å². The molecule has 0 amide bonds. The van der Waals surface area contributed by atoms with Crippen molar-refractivity contribution >= 4 is 5.97 Å². The molecule has 1 N–H and O–H groups in total. The Morgan fingerprint density at radius 3 is 1.57 bits per heavy atom. The highest BCUT2D eigenvalue weighted by atomic mass is 19.4. The first-order valence-electron chi connectivity index (χ1n) is 5.24. The van der Waals surface area contributed by atoms with Gasteiger partial charge in [0.1, 0.15) is 11.5 Å². The quantitative estimate of drug-likeness (QED) is 0.847. The third kappa shape index (κ3) is 6.72. The first-order chi connectivity index (χ1) is 9.46. The fourth-order valence-corrected chi connectivity index (χ4v) is 1.19. The zero-order valence-electron chi connectivity index (χ0n) is 10.1. The third-order valence-electron chi connectivity index (χ3n) is 1.93. The van der Waals surface area contributed by atoms with Crippen LogP contribution >= 0.6 is 0 Å². The molecule has 1 rings (SSSR count). The Hall–Kier alpha value is -2.13. The molecule has 1 aromatic rings. The van der Waals surface area contributed by atoms with Gasteiger partial charge in [0.25, 0.3) is 0 Å². The average molecular weight is 318 g/mol. The summed E-state index contributed by atoms with van der Waals surface area (Å²) in [6.45, 7) is -3.43. The number of rotatable bonds is 5. The molecule has 0 heterocycles. The van der Waals surface area contributed by atoms with Crippen molar-refractivity contribution in [1.29, 1.82) is 0 Å². The summed E-state index contributed by atoms with van der Waals surface area (Å²) in [6.07, 6.45) is -9.35. The number of hydrogen-bond donors (Lipinski definition) is 1. The highest BCUT2D eigenvalue weighted by Gasteiger charge is 2.30. The summed E-state index contributed by atoms with van der Waals surface area (Å²) in [5, 5.41) is 8.73. The molecule has 0 saturated heterocycles. The highest BCUT2D eigenvalue weighted by Crippen LogP contribution is 2.26. The summed E-state index contributed by atoms with van der Waals surface area (Å²) in [4.78, 5) is 10.8. The monoisotopic (exact) mass is 318 g/mol. The van der Waals surface area contributed by atoms with Gasteiger partial charge in [-0.25, -0.2) is 4.79 Å². The summed E-state index contributed by atoms with van der Waals surface area (Å²) in [5.41, 5.74) is -0.563. The van der Waals surface area contributed by atoms with Gasteiger partial charge < -0.3 is 14.6 Å². The van der Waals surface area contributed by atoms with Gasteiger partial charge in [-0.1, -0.05) is 0 Å². The van der Waals surface area contributed by atoms with Gasteiger partial charge in [-0.05, 0) is 12.1 Å². The smallest absolute Gasteiger partial charge is 0.422 e. The lowest BCUT2D eigenvalue weighted by Gasteiger charge is -2.13. The Morgan fingerprint density at radius 2 is 1.29 bits per heavy atom. The van der Waals surface area contributed by atoms with Gasteiger partial charge in [0.2, 0.25) is 0 Å². The van der Waals surface area contributed by atoms with Gasteiger partial charge in [0.15, 0.2) is 13.2 Å². The summed E-state index contributed by atoms with van der Waals surface area (Å²) >= 11 is 0. The number of hydrogen-bond acceptors (Lipinski definition) is 3. The minimum absolute atomic E-state index is 0.563. The van der Waals surface area contributed by atoms with Gasteiger partial charge in [-0.15, -0.1) is 0 Å². The summed E-state index contributed by atoms with van der Waals surface area (Å²) in [5.74, 6) is -2.68. The second-order valence-corrected chi connectivity index (χ2v) is 3.81. The van der Waals surface area contributed by atoms with E-state index in [1.54, 1.807) is 0 Å². The number of ether oxygens (including phenoxy) is 2. The first kappa shape index (κ1) is 16.9. The molecule has 0 bridgehead atoms. The van der Waals surface area contributed by atoms with Crippen LogP contribution in [0.1, 0.15) is 10.4 Å². The number of carboxylic acids is 1. The molecule has 0 spiro atoms. The predicted octanol–water partition coefficient (Wildman–Crippen LogP) is 3.27. The second kappa shape index (κ2) is 6.10. The van der Waals surface area contributed by atoms with E-state index in [-0.39, 0.29) is 0 Å². The Morgan fingerprint density at radius 1 is 0.905 bits per heavy atom. The van der Waals surface area contributed by atoms with Crippen molar-refractivity contribution in [1.82, 2.24) is 0 Å². The van der Waals surface area contributed by atoms with E-state index in [1.165, 1.54) is 0 Å². The van der Waals surface area contributed by atoms with Gasteiger partial charge in [0.05, 0.1) is 5.56 Å². The van der Waals surface area contributed by atoms with E-state index in [1.807, 2.05) is 0 Å². The van der Waals surface area contributed by atoms with Crippen LogP contribution in [0.5, 0.6) is 11.5 Å². The van der Waals surface area contributed by atoms with Crippen LogP contribution in [0.25, 0.3) is 0 Å². The lowest BCUT2D eigenvalue weighted by atomic mass is 10.2. The molecule has 0 atom stereocenters. The molecule has 4 nitrogen and oxygen atoms in total. The van der Waals surface area contributed by atoms with Crippen LogP contribution < -0.4 is 9.47 Å². The number of aromatic carboxylic acids is 1. The van der Waals surface area contributed by atoms with Crippen molar-refractivity contribution in [2.75, 3.05) is 13.2 Å². The molecule has 118 valence electrons. The largest absolute Gasteiger partial charge is 0.484 e. The minimum atomic E-state index is -4.67. The molecule has 0 saturated carbocycles. The van der Waals surface area contributed by atoms with E-state index in [0.717, 1.165) is 18.2 Å². The average Bonchev–Trinajstić information content (AvgIpc) is 2.32.